The molecule has 1 saturated heterocycles. The topological polar surface area (TPSA) is 158 Å². The number of amides is 2. The number of carbonyl (C=O) groups is 4. The van der Waals surface area contributed by atoms with E-state index < -0.39 is 35.3 Å². The summed E-state index contributed by atoms with van der Waals surface area (Å²) in [5, 5.41) is 24.8. The largest absolute Gasteiger partial charge is 0.490 e. The second-order valence-electron chi connectivity index (χ2n) is 10.9. The molecule has 4 aromatic rings. The molecule has 0 radical (unpaired) electrons. The Morgan fingerprint density at radius 2 is 1.91 bits per heavy atom. The molecule has 3 unspecified atom stereocenters. The number of benzene rings is 3. The Bertz CT molecular complexity index is 2040. The van der Waals surface area contributed by atoms with Gasteiger partial charge >= 0.3 is 11.9 Å². The smallest absolute Gasteiger partial charge is 0.352 e. The molecule has 0 saturated carbocycles. The lowest BCUT2D eigenvalue weighted by Crippen LogP contribution is -2.70. The van der Waals surface area contributed by atoms with Crippen molar-refractivity contribution < 1.29 is 34.1 Å². The first kappa shape index (κ1) is 31.0. The van der Waals surface area contributed by atoms with Gasteiger partial charge in [-0.3, -0.25) is 19.5 Å². The van der Waals surface area contributed by atoms with E-state index in [2.05, 4.69) is 15.3 Å². The molecule has 7 rings (SSSR count). The molecule has 0 aliphatic carbocycles. The third kappa shape index (κ3) is 6.11. The number of allylic oxidation sites excluding steroid dienone is 1. The maximum absolute atomic E-state index is 13.0. The maximum atomic E-state index is 13.0. The molecule has 3 aliphatic rings. The van der Waals surface area contributed by atoms with Gasteiger partial charge in [0.15, 0.2) is 6.04 Å². The van der Waals surface area contributed by atoms with E-state index in [4.69, 9.17) is 4.74 Å². The average Bonchev–Trinajstić information content (AvgIpc) is 3.74. The standard InChI is InChI=1S/C33H26N4O7S3/c38-24(13-17-5-2-1-3-6-17)36-25-30(39)37-26(33(42)43)19(15-46-31(25)37)7-4-12-44-20-9-10-21-18(14-20)8-11-22-27(21)47-29(34-22)28-35-23(16-45-28)32(40)41/h1-11,14,23,25,31H,12-13,15-16H2,(H,36,38)(H,40,41)(H,42,43)/b7-4+. The van der Waals surface area contributed by atoms with Gasteiger partial charge in [0.25, 0.3) is 5.91 Å². The Labute approximate surface area is 280 Å². The molecule has 3 N–H and O–H groups in total. The van der Waals surface area contributed by atoms with Crippen molar-refractivity contribution in [3.05, 3.63) is 94.7 Å². The van der Waals surface area contributed by atoms with Crippen LogP contribution in [0.25, 0.3) is 21.0 Å². The fraction of sp³-hybridized carbons (Fsp3) is 0.212. The van der Waals surface area contributed by atoms with Crippen molar-refractivity contribution in [1.29, 1.82) is 0 Å². The highest BCUT2D eigenvalue weighted by Gasteiger charge is 2.53. The summed E-state index contributed by atoms with van der Waals surface area (Å²) < 4.78 is 6.92. The van der Waals surface area contributed by atoms with Crippen LogP contribution >= 0.6 is 34.9 Å². The molecule has 3 aliphatic heterocycles. The predicted octanol–water partition coefficient (Wildman–Crippen LogP) is 4.31. The fourth-order valence-corrected chi connectivity index (χ4v) is 9.12. The molecule has 47 heavy (non-hydrogen) atoms. The van der Waals surface area contributed by atoms with Crippen LogP contribution in [0.5, 0.6) is 5.75 Å². The Morgan fingerprint density at radius 1 is 1.09 bits per heavy atom. The van der Waals surface area contributed by atoms with E-state index in [0.717, 1.165) is 26.6 Å². The molecule has 0 bridgehead atoms. The molecule has 238 valence electrons. The first-order valence-corrected chi connectivity index (χ1v) is 17.4. The van der Waals surface area contributed by atoms with Gasteiger partial charge in [-0.2, -0.15) is 0 Å². The minimum absolute atomic E-state index is 0.0809. The van der Waals surface area contributed by atoms with Gasteiger partial charge < -0.3 is 20.3 Å². The van der Waals surface area contributed by atoms with E-state index in [1.54, 1.807) is 12.2 Å². The summed E-state index contributed by atoms with van der Waals surface area (Å²) in [5.74, 6) is -1.48. The van der Waals surface area contributed by atoms with Crippen molar-refractivity contribution in [2.24, 2.45) is 4.99 Å². The number of hydrogen-bond acceptors (Lipinski definition) is 10. The number of β-lactam (4-membered cyclic amide) rings is 1. The van der Waals surface area contributed by atoms with Crippen molar-refractivity contribution in [1.82, 2.24) is 15.2 Å². The molecule has 1 aromatic heterocycles. The average molecular weight is 687 g/mol. The van der Waals surface area contributed by atoms with Gasteiger partial charge in [0, 0.05) is 16.9 Å². The number of fused-ring (bicyclic) bond motifs is 4. The van der Waals surface area contributed by atoms with Gasteiger partial charge in [-0.05, 0) is 46.9 Å². The number of aliphatic imine (C=N–C) groups is 1. The van der Waals surface area contributed by atoms with Gasteiger partial charge in [-0.25, -0.2) is 14.6 Å². The molecule has 1 fully saturated rings. The second kappa shape index (κ2) is 12.9. The van der Waals surface area contributed by atoms with Crippen molar-refractivity contribution in [3.8, 4) is 5.75 Å². The van der Waals surface area contributed by atoms with Crippen LogP contribution in [0.3, 0.4) is 0 Å². The zero-order valence-corrected chi connectivity index (χ0v) is 26.9. The van der Waals surface area contributed by atoms with E-state index in [9.17, 15) is 29.4 Å². The quantitative estimate of drug-likeness (QED) is 0.205. The van der Waals surface area contributed by atoms with Crippen LogP contribution in [-0.4, -0.2) is 84.5 Å². The van der Waals surface area contributed by atoms with E-state index in [1.807, 2.05) is 60.7 Å². The molecule has 0 spiro atoms. The first-order valence-electron chi connectivity index (χ1n) is 14.6. The lowest BCUT2D eigenvalue weighted by Gasteiger charge is -2.49. The zero-order chi connectivity index (χ0) is 32.7. The number of nitrogens with zero attached hydrogens (tertiary/aromatic N) is 3. The molecule has 14 heteroatoms. The third-order valence-electron chi connectivity index (χ3n) is 7.85. The number of nitrogens with one attached hydrogen (secondary N) is 1. The number of aromatic nitrogens is 1. The number of hydrogen-bond donors (Lipinski definition) is 3. The van der Waals surface area contributed by atoms with E-state index in [-0.39, 0.29) is 24.6 Å². The number of aliphatic carboxylic acids is 2. The summed E-state index contributed by atoms with van der Waals surface area (Å²) in [6, 6.07) is 17.3. The van der Waals surface area contributed by atoms with Crippen molar-refractivity contribution >= 4 is 84.6 Å². The van der Waals surface area contributed by atoms with Crippen LogP contribution in [0.2, 0.25) is 0 Å². The molecule has 11 nitrogen and oxygen atoms in total. The number of carbonyl (C=O) groups excluding carboxylic acids is 2. The number of rotatable bonds is 10. The Balaban J connectivity index is 1.00. The highest BCUT2D eigenvalue weighted by molar-refractivity contribution is 8.15. The van der Waals surface area contributed by atoms with Crippen LogP contribution in [-0.2, 0) is 25.6 Å². The van der Waals surface area contributed by atoms with Crippen molar-refractivity contribution in [3.63, 3.8) is 0 Å². The number of thioether (sulfide) groups is 2. The van der Waals surface area contributed by atoms with Crippen LogP contribution in [0.15, 0.2) is 89.1 Å². The highest BCUT2D eigenvalue weighted by atomic mass is 32.2. The van der Waals surface area contributed by atoms with Gasteiger partial charge in [0.2, 0.25) is 5.91 Å². The molecule has 2 amide bonds. The van der Waals surface area contributed by atoms with Gasteiger partial charge in [0.05, 0.1) is 16.6 Å². The van der Waals surface area contributed by atoms with Crippen molar-refractivity contribution in [2.45, 2.75) is 23.9 Å². The lowest BCUT2D eigenvalue weighted by atomic mass is 10.0. The summed E-state index contributed by atoms with van der Waals surface area (Å²) >= 11 is 4.29. The Kier molecular flexibility index (Phi) is 8.47. The molecular weight excluding hydrogens is 661 g/mol. The third-order valence-corrected chi connectivity index (χ3v) is 11.4. The maximum Gasteiger partial charge on any atom is 0.352 e. The van der Waals surface area contributed by atoms with Crippen LogP contribution in [0.1, 0.15) is 10.6 Å². The van der Waals surface area contributed by atoms with Gasteiger partial charge in [-0.1, -0.05) is 42.5 Å². The monoisotopic (exact) mass is 686 g/mol. The summed E-state index contributed by atoms with van der Waals surface area (Å²) in [6.07, 6.45) is 3.52. The van der Waals surface area contributed by atoms with E-state index >= 15 is 0 Å². The molecule has 3 atom stereocenters. The SMILES string of the molecule is O=C(Cc1ccccc1)NC1C(=O)N2C(C(=O)O)=C(/C=C/COc3ccc4c(ccc5nc(C6=NC(C(=O)O)CS6)sc54)c3)CSC12. The highest BCUT2D eigenvalue weighted by Crippen LogP contribution is 2.41. The summed E-state index contributed by atoms with van der Waals surface area (Å²) in [5.41, 5.74) is 2.05. The van der Waals surface area contributed by atoms with Crippen LogP contribution < -0.4 is 10.1 Å². The van der Waals surface area contributed by atoms with Gasteiger partial charge in [0.1, 0.15) is 39.5 Å². The van der Waals surface area contributed by atoms with E-state index in [1.165, 1.54) is 39.8 Å². The molecular formula is C33H26N4O7S3. The summed E-state index contributed by atoms with van der Waals surface area (Å²) in [6.45, 7) is 0.177. The van der Waals surface area contributed by atoms with Crippen molar-refractivity contribution in [2.75, 3.05) is 18.1 Å². The number of carboxylic acid groups (broad SMARTS) is 2. The van der Waals surface area contributed by atoms with Gasteiger partial charge in [-0.15, -0.1) is 34.9 Å². The fourth-order valence-electron chi connectivity index (χ4n) is 5.60. The molecule has 3 aromatic carbocycles. The van der Waals surface area contributed by atoms with Crippen LogP contribution in [0.4, 0.5) is 0 Å². The molecule has 4 heterocycles. The predicted molar refractivity (Wildman–Crippen MR) is 182 cm³/mol. The first-order chi connectivity index (χ1) is 22.8. The van der Waals surface area contributed by atoms with E-state index in [0.29, 0.717) is 32.9 Å². The van der Waals surface area contributed by atoms with Crippen LogP contribution in [0, 0.1) is 0 Å². The minimum Gasteiger partial charge on any atom is -0.490 e. The minimum atomic E-state index is -1.20. The summed E-state index contributed by atoms with van der Waals surface area (Å²) in [4.78, 5) is 59.3. The number of thiazole rings is 1. The lowest BCUT2D eigenvalue weighted by molar-refractivity contribution is -0.150. The number of carboxylic acids is 2. The normalized spacial score (nSPS) is 20.8. The summed E-state index contributed by atoms with van der Waals surface area (Å²) in [7, 11) is 0. The zero-order valence-electron chi connectivity index (χ0n) is 24.5. The second-order valence-corrected chi connectivity index (χ2v) is 14.0. The Morgan fingerprint density at radius 3 is 2.68 bits per heavy atom. The number of ether oxygens (including phenoxy) is 1. The Hall–Kier alpha value is -4.66.